The lowest BCUT2D eigenvalue weighted by Crippen LogP contribution is -2.19. The Balaban J connectivity index is 2.01. The van der Waals surface area contributed by atoms with E-state index in [1.807, 2.05) is 31.2 Å². The van der Waals surface area contributed by atoms with Crippen molar-refractivity contribution in [2.24, 2.45) is 0 Å². The normalized spacial score (nSPS) is 12.6. The second-order valence-corrected chi connectivity index (χ2v) is 4.95. The summed E-state index contributed by atoms with van der Waals surface area (Å²) in [6, 6.07) is 7.75. The highest BCUT2D eigenvalue weighted by Gasteiger charge is 2.13. The van der Waals surface area contributed by atoms with E-state index in [4.69, 9.17) is 16.0 Å². The van der Waals surface area contributed by atoms with Crippen LogP contribution in [0.2, 0.25) is 5.02 Å². The molecule has 0 aliphatic rings. The molecule has 0 saturated heterocycles. The number of nitrogens with zero attached hydrogens (tertiary/aromatic N) is 2. The molecule has 1 aromatic carbocycles. The van der Waals surface area contributed by atoms with Gasteiger partial charge in [0.25, 0.3) is 0 Å². The van der Waals surface area contributed by atoms with Crippen molar-refractivity contribution in [3.63, 3.8) is 0 Å². The maximum atomic E-state index is 5.95. The van der Waals surface area contributed by atoms with Gasteiger partial charge in [0.05, 0.1) is 12.5 Å². The highest BCUT2D eigenvalue weighted by atomic mass is 35.5. The molecule has 5 heteroatoms. The van der Waals surface area contributed by atoms with Crippen LogP contribution in [0.4, 0.5) is 0 Å². The van der Waals surface area contributed by atoms with Gasteiger partial charge in [-0.05, 0) is 37.6 Å². The second kappa shape index (κ2) is 6.68. The highest BCUT2D eigenvalue weighted by Crippen LogP contribution is 2.16. The molecule has 1 N–H and O–H groups in total. The second-order valence-electron chi connectivity index (χ2n) is 4.52. The molecule has 1 aromatic heterocycles. The van der Waals surface area contributed by atoms with Gasteiger partial charge in [0.15, 0.2) is 0 Å². The maximum Gasteiger partial charge on any atom is 0.233 e. The minimum absolute atomic E-state index is 0.0839. The van der Waals surface area contributed by atoms with E-state index in [-0.39, 0.29) is 6.04 Å². The molecule has 19 heavy (non-hydrogen) atoms. The zero-order valence-corrected chi connectivity index (χ0v) is 11.9. The van der Waals surface area contributed by atoms with Gasteiger partial charge < -0.3 is 9.73 Å². The molecule has 0 fully saturated rings. The van der Waals surface area contributed by atoms with Gasteiger partial charge in [-0.15, -0.1) is 10.2 Å². The third kappa shape index (κ3) is 4.04. The van der Waals surface area contributed by atoms with Gasteiger partial charge in [0.1, 0.15) is 0 Å². The van der Waals surface area contributed by atoms with Gasteiger partial charge in [0.2, 0.25) is 11.8 Å². The first-order valence-electron chi connectivity index (χ1n) is 6.49. The lowest BCUT2D eigenvalue weighted by atomic mass is 10.1. The summed E-state index contributed by atoms with van der Waals surface area (Å²) in [6.07, 6.45) is 1.68. The van der Waals surface area contributed by atoms with Crippen LogP contribution in [-0.2, 0) is 6.42 Å². The SMILES string of the molecule is CCCNC(C)c1nnc(Cc2cccc(Cl)c2)o1. The summed E-state index contributed by atoms with van der Waals surface area (Å²) in [6.45, 7) is 5.08. The summed E-state index contributed by atoms with van der Waals surface area (Å²) in [4.78, 5) is 0. The van der Waals surface area contributed by atoms with Crippen LogP contribution in [0.3, 0.4) is 0 Å². The van der Waals surface area contributed by atoms with Gasteiger partial charge in [0, 0.05) is 5.02 Å². The molecule has 0 aliphatic carbocycles. The Morgan fingerprint density at radius 1 is 1.37 bits per heavy atom. The van der Waals surface area contributed by atoms with Crippen molar-refractivity contribution in [3.8, 4) is 0 Å². The van der Waals surface area contributed by atoms with Crippen LogP contribution in [0.1, 0.15) is 43.7 Å². The molecule has 2 aromatic rings. The average molecular weight is 280 g/mol. The van der Waals surface area contributed by atoms with Crippen molar-refractivity contribution in [3.05, 3.63) is 46.6 Å². The molecule has 0 radical (unpaired) electrons. The van der Waals surface area contributed by atoms with Crippen LogP contribution in [-0.4, -0.2) is 16.7 Å². The fourth-order valence-corrected chi connectivity index (χ4v) is 2.00. The van der Waals surface area contributed by atoms with E-state index in [0.29, 0.717) is 18.2 Å². The van der Waals surface area contributed by atoms with E-state index in [0.717, 1.165) is 23.6 Å². The predicted molar refractivity (Wildman–Crippen MR) is 75.3 cm³/mol. The molecule has 1 atom stereocenters. The van der Waals surface area contributed by atoms with Crippen molar-refractivity contribution >= 4 is 11.6 Å². The lowest BCUT2D eigenvalue weighted by molar-refractivity contribution is 0.397. The predicted octanol–water partition coefficient (Wildman–Crippen LogP) is 3.37. The van der Waals surface area contributed by atoms with E-state index < -0.39 is 0 Å². The van der Waals surface area contributed by atoms with E-state index in [1.165, 1.54) is 0 Å². The van der Waals surface area contributed by atoms with Gasteiger partial charge >= 0.3 is 0 Å². The van der Waals surface area contributed by atoms with Gasteiger partial charge in [-0.1, -0.05) is 30.7 Å². The van der Waals surface area contributed by atoms with Gasteiger partial charge in [-0.25, -0.2) is 0 Å². The molecule has 102 valence electrons. The Hall–Kier alpha value is -1.39. The van der Waals surface area contributed by atoms with Crippen LogP contribution in [0.5, 0.6) is 0 Å². The fourth-order valence-electron chi connectivity index (χ4n) is 1.78. The molecular weight excluding hydrogens is 262 g/mol. The summed E-state index contributed by atoms with van der Waals surface area (Å²) >= 11 is 5.95. The molecule has 4 nitrogen and oxygen atoms in total. The first-order chi connectivity index (χ1) is 9.19. The Morgan fingerprint density at radius 2 is 2.21 bits per heavy atom. The minimum Gasteiger partial charge on any atom is -0.423 e. The molecule has 0 saturated carbocycles. The van der Waals surface area contributed by atoms with Crippen LogP contribution < -0.4 is 5.32 Å². The number of halogens is 1. The summed E-state index contributed by atoms with van der Waals surface area (Å²) < 4.78 is 5.66. The van der Waals surface area contributed by atoms with Crippen molar-refractivity contribution in [2.45, 2.75) is 32.7 Å². The first kappa shape index (κ1) is 14.0. The fraction of sp³-hybridized carbons (Fsp3) is 0.429. The number of rotatable bonds is 6. The topological polar surface area (TPSA) is 51.0 Å². The third-order valence-electron chi connectivity index (χ3n) is 2.80. The van der Waals surface area contributed by atoms with Crippen molar-refractivity contribution in [2.75, 3.05) is 6.54 Å². The summed E-state index contributed by atoms with van der Waals surface area (Å²) in [5.74, 6) is 1.24. The van der Waals surface area contributed by atoms with E-state index in [2.05, 4.69) is 22.4 Å². The van der Waals surface area contributed by atoms with E-state index in [1.54, 1.807) is 0 Å². The minimum atomic E-state index is 0.0839. The number of aromatic nitrogens is 2. The number of benzene rings is 1. The number of hydrogen-bond donors (Lipinski definition) is 1. The highest BCUT2D eigenvalue weighted by molar-refractivity contribution is 6.30. The summed E-state index contributed by atoms with van der Waals surface area (Å²) in [5, 5.41) is 12.2. The molecule has 1 unspecified atom stereocenters. The van der Waals surface area contributed by atoms with Crippen LogP contribution in [0.25, 0.3) is 0 Å². The Morgan fingerprint density at radius 3 is 2.95 bits per heavy atom. The smallest absolute Gasteiger partial charge is 0.233 e. The summed E-state index contributed by atoms with van der Waals surface area (Å²) in [7, 11) is 0. The molecule has 0 aliphatic heterocycles. The van der Waals surface area contributed by atoms with Crippen molar-refractivity contribution in [1.82, 2.24) is 15.5 Å². The molecule has 0 spiro atoms. The zero-order valence-electron chi connectivity index (χ0n) is 11.2. The molecular formula is C14H18ClN3O. The quantitative estimate of drug-likeness (QED) is 0.881. The largest absolute Gasteiger partial charge is 0.423 e. The Bertz CT molecular complexity index is 527. The first-order valence-corrected chi connectivity index (χ1v) is 6.87. The number of nitrogens with one attached hydrogen (secondary N) is 1. The van der Waals surface area contributed by atoms with Crippen LogP contribution >= 0.6 is 11.6 Å². The molecule has 2 rings (SSSR count). The third-order valence-corrected chi connectivity index (χ3v) is 3.03. The van der Waals surface area contributed by atoms with E-state index >= 15 is 0 Å². The Labute approximate surface area is 118 Å². The van der Waals surface area contributed by atoms with Crippen LogP contribution in [0, 0.1) is 0 Å². The van der Waals surface area contributed by atoms with Crippen molar-refractivity contribution in [1.29, 1.82) is 0 Å². The summed E-state index contributed by atoms with van der Waals surface area (Å²) in [5.41, 5.74) is 1.07. The van der Waals surface area contributed by atoms with Crippen molar-refractivity contribution < 1.29 is 4.42 Å². The lowest BCUT2D eigenvalue weighted by Gasteiger charge is -2.07. The average Bonchev–Trinajstić information content (AvgIpc) is 2.84. The van der Waals surface area contributed by atoms with Gasteiger partial charge in [-0.3, -0.25) is 0 Å². The van der Waals surface area contributed by atoms with Crippen LogP contribution in [0.15, 0.2) is 28.7 Å². The Kier molecular flexibility index (Phi) is 4.93. The van der Waals surface area contributed by atoms with E-state index in [9.17, 15) is 0 Å². The molecule has 0 amide bonds. The van der Waals surface area contributed by atoms with Gasteiger partial charge in [-0.2, -0.15) is 0 Å². The monoisotopic (exact) mass is 279 g/mol. The zero-order chi connectivity index (χ0) is 13.7. The molecule has 1 heterocycles. The maximum absolute atomic E-state index is 5.95. The number of hydrogen-bond acceptors (Lipinski definition) is 4. The standard InChI is InChI=1S/C14H18ClN3O/c1-3-7-16-10(2)14-18-17-13(19-14)9-11-5-4-6-12(15)8-11/h4-6,8,10,16H,3,7,9H2,1-2H3. The molecule has 0 bridgehead atoms.